The molecular formula is C16H28N2S. The Bertz CT molecular complexity index is 354. The molecule has 0 aliphatic heterocycles. The Morgan fingerprint density at radius 3 is 2.05 bits per heavy atom. The first kappa shape index (κ1) is 16.5. The first-order valence-electron chi connectivity index (χ1n) is 7.20. The molecule has 1 aromatic carbocycles. The van der Waals surface area contributed by atoms with Crippen molar-refractivity contribution in [3.8, 4) is 0 Å². The molecule has 1 rings (SSSR count). The maximum absolute atomic E-state index is 6.56. The summed E-state index contributed by atoms with van der Waals surface area (Å²) in [4.78, 5) is 3.72. The van der Waals surface area contributed by atoms with E-state index >= 15 is 0 Å². The van der Waals surface area contributed by atoms with E-state index in [0.717, 1.165) is 32.4 Å². The van der Waals surface area contributed by atoms with Gasteiger partial charge in [0.15, 0.2) is 0 Å². The van der Waals surface area contributed by atoms with Gasteiger partial charge in [0.2, 0.25) is 0 Å². The third kappa shape index (κ3) is 5.17. The summed E-state index contributed by atoms with van der Waals surface area (Å²) in [5, 5.41) is 0. The van der Waals surface area contributed by atoms with E-state index in [1.165, 1.54) is 10.5 Å². The van der Waals surface area contributed by atoms with Crippen LogP contribution >= 0.6 is 11.8 Å². The Hall–Kier alpha value is -0.510. The van der Waals surface area contributed by atoms with Crippen LogP contribution in [-0.2, 0) is 6.42 Å². The van der Waals surface area contributed by atoms with E-state index in [1.807, 2.05) is 0 Å². The van der Waals surface area contributed by atoms with Gasteiger partial charge in [0.25, 0.3) is 0 Å². The van der Waals surface area contributed by atoms with Crippen LogP contribution in [0.2, 0.25) is 0 Å². The van der Waals surface area contributed by atoms with Crippen LogP contribution in [0.15, 0.2) is 29.2 Å². The fourth-order valence-corrected chi connectivity index (χ4v) is 2.84. The first-order chi connectivity index (χ1) is 9.03. The Kier molecular flexibility index (Phi) is 6.90. The molecule has 0 fully saturated rings. The molecule has 1 aromatic rings. The number of thioether (sulfide) groups is 1. The first-order valence-corrected chi connectivity index (χ1v) is 8.42. The normalized spacial score (nSPS) is 14.6. The van der Waals surface area contributed by atoms with Crippen molar-refractivity contribution in [2.75, 3.05) is 19.3 Å². The van der Waals surface area contributed by atoms with Crippen LogP contribution < -0.4 is 5.73 Å². The standard InChI is InChI=1S/C16H28N2S/c1-5-11-18(12-6-2)16(3,17)13-14-7-9-15(19-4)10-8-14/h7-10H,5-6,11-13,17H2,1-4H3. The smallest absolute Gasteiger partial charge is 0.0699 e. The predicted molar refractivity (Wildman–Crippen MR) is 86.7 cm³/mol. The fraction of sp³-hybridized carbons (Fsp3) is 0.625. The molecular weight excluding hydrogens is 252 g/mol. The number of nitrogens with zero attached hydrogens (tertiary/aromatic N) is 1. The highest BCUT2D eigenvalue weighted by Gasteiger charge is 2.26. The van der Waals surface area contributed by atoms with Gasteiger partial charge in [0.05, 0.1) is 5.66 Å². The van der Waals surface area contributed by atoms with Crippen LogP contribution in [0, 0.1) is 0 Å². The van der Waals surface area contributed by atoms with Crippen LogP contribution in [0.4, 0.5) is 0 Å². The van der Waals surface area contributed by atoms with E-state index < -0.39 is 0 Å². The monoisotopic (exact) mass is 280 g/mol. The van der Waals surface area contributed by atoms with Crippen LogP contribution in [0.25, 0.3) is 0 Å². The van der Waals surface area contributed by atoms with E-state index in [-0.39, 0.29) is 5.66 Å². The Labute approximate surface area is 122 Å². The highest BCUT2D eigenvalue weighted by Crippen LogP contribution is 2.20. The summed E-state index contributed by atoms with van der Waals surface area (Å²) in [6, 6.07) is 8.76. The highest BCUT2D eigenvalue weighted by atomic mass is 32.2. The average molecular weight is 280 g/mol. The Morgan fingerprint density at radius 1 is 1.11 bits per heavy atom. The minimum atomic E-state index is -0.257. The summed E-state index contributed by atoms with van der Waals surface area (Å²) in [5.74, 6) is 0. The van der Waals surface area contributed by atoms with E-state index in [4.69, 9.17) is 5.73 Å². The second kappa shape index (κ2) is 7.93. The highest BCUT2D eigenvalue weighted by molar-refractivity contribution is 7.98. The molecule has 0 saturated heterocycles. The summed E-state index contributed by atoms with van der Waals surface area (Å²) in [6.07, 6.45) is 5.31. The molecule has 0 saturated carbocycles. The Morgan fingerprint density at radius 2 is 1.63 bits per heavy atom. The molecule has 0 aliphatic carbocycles. The summed E-state index contributed by atoms with van der Waals surface area (Å²) < 4.78 is 0. The van der Waals surface area contributed by atoms with Crippen molar-refractivity contribution in [1.29, 1.82) is 0 Å². The van der Waals surface area contributed by atoms with Crippen molar-refractivity contribution in [1.82, 2.24) is 4.90 Å². The zero-order valence-electron chi connectivity index (χ0n) is 12.8. The number of rotatable bonds is 8. The van der Waals surface area contributed by atoms with Crippen molar-refractivity contribution in [3.05, 3.63) is 29.8 Å². The molecule has 1 unspecified atom stereocenters. The molecule has 19 heavy (non-hydrogen) atoms. The molecule has 2 nitrogen and oxygen atoms in total. The molecule has 2 N–H and O–H groups in total. The molecule has 108 valence electrons. The van der Waals surface area contributed by atoms with E-state index in [1.54, 1.807) is 11.8 Å². The van der Waals surface area contributed by atoms with E-state index in [2.05, 4.69) is 56.2 Å². The van der Waals surface area contributed by atoms with Gasteiger partial charge in [-0.3, -0.25) is 4.90 Å². The largest absolute Gasteiger partial charge is 0.313 e. The van der Waals surface area contributed by atoms with Crippen LogP contribution in [0.1, 0.15) is 39.2 Å². The number of hydrogen-bond donors (Lipinski definition) is 1. The molecule has 0 aliphatic rings. The van der Waals surface area contributed by atoms with Gasteiger partial charge in [0, 0.05) is 11.3 Å². The quantitative estimate of drug-likeness (QED) is 0.581. The van der Waals surface area contributed by atoms with Crippen molar-refractivity contribution in [3.63, 3.8) is 0 Å². The van der Waals surface area contributed by atoms with Gasteiger partial charge < -0.3 is 5.73 Å². The maximum atomic E-state index is 6.56. The van der Waals surface area contributed by atoms with Crippen molar-refractivity contribution >= 4 is 11.8 Å². The lowest BCUT2D eigenvalue weighted by molar-refractivity contribution is 0.108. The summed E-state index contributed by atoms with van der Waals surface area (Å²) in [5.41, 5.74) is 7.62. The van der Waals surface area contributed by atoms with Gasteiger partial charge in [-0.15, -0.1) is 11.8 Å². The predicted octanol–water partition coefficient (Wildman–Crippen LogP) is 3.75. The SMILES string of the molecule is CCCN(CCC)C(C)(N)Cc1ccc(SC)cc1. The molecule has 0 heterocycles. The van der Waals surface area contributed by atoms with E-state index in [0.29, 0.717) is 0 Å². The van der Waals surface area contributed by atoms with Crippen molar-refractivity contribution in [2.45, 2.75) is 50.6 Å². The molecule has 0 bridgehead atoms. The summed E-state index contributed by atoms with van der Waals surface area (Å²) in [6.45, 7) is 8.73. The van der Waals surface area contributed by atoms with Gasteiger partial charge in [-0.2, -0.15) is 0 Å². The second-order valence-electron chi connectivity index (χ2n) is 5.37. The zero-order chi connectivity index (χ0) is 14.3. The van der Waals surface area contributed by atoms with Crippen molar-refractivity contribution < 1.29 is 0 Å². The lowest BCUT2D eigenvalue weighted by atomic mass is 10.00. The lowest BCUT2D eigenvalue weighted by Crippen LogP contribution is -2.55. The molecule has 0 spiro atoms. The average Bonchev–Trinajstić information content (AvgIpc) is 2.39. The minimum Gasteiger partial charge on any atom is -0.313 e. The number of nitrogens with two attached hydrogens (primary N) is 1. The number of hydrogen-bond acceptors (Lipinski definition) is 3. The van der Waals surface area contributed by atoms with Crippen LogP contribution in [0.3, 0.4) is 0 Å². The Balaban J connectivity index is 2.74. The van der Waals surface area contributed by atoms with Crippen LogP contribution in [-0.4, -0.2) is 29.9 Å². The third-order valence-corrected chi connectivity index (χ3v) is 4.17. The van der Waals surface area contributed by atoms with Gasteiger partial charge in [-0.25, -0.2) is 0 Å². The summed E-state index contributed by atoms with van der Waals surface area (Å²) >= 11 is 1.78. The van der Waals surface area contributed by atoms with Crippen LogP contribution in [0.5, 0.6) is 0 Å². The second-order valence-corrected chi connectivity index (χ2v) is 6.25. The number of benzene rings is 1. The van der Waals surface area contributed by atoms with Gasteiger partial charge in [-0.1, -0.05) is 26.0 Å². The molecule has 0 radical (unpaired) electrons. The van der Waals surface area contributed by atoms with Gasteiger partial charge in [0.1, 0.15) is 0 Å². The topological polar surface area (TPSA) is 29.3 Å². The van der Waals surface area contributed by atoms with Gasteiger partial charge >= 0.3 is 0 Å². The van der Waals surface area contributed by atoms with Gasteiger partial charge in [-0.05, 0) is 56.8 Å². The van der Waals surface area contributed by atoms with E-state index in [9.17, 15) is 0 Å². The third-order valence-electron chi connectivity index (χ3n) is 3.43. The lowest BCUT2D eigenvalue weighted by Gasteiger charge is -2.38. The molecule has 3 heteroatoms. The molecule has 1 atom stereocenters. The fourth-order valence-electron chi connectivity index (χ4n) is 2.43. The zero-order valence-corrected chi connectivity index (χ0v) is 13.6. The molecule has 0 aromatic heterocycles. The summed E-state index contributed by atoms with van der Waals surface area (Å²) in [7, 11) is 0. The maximum Gasteiger partial charge on any atom is 0.0699 e. The van der Waals surface area contributed by atoms with Crippen molar-refractivity contribution in [2.24, 2.45) is 5.73 Å². The minimum absolute atomic E-state index is 0.257. The molecule has 0 amide bonds.